The lowest BCUT2D eigenvalue weighted by molar-refractivity contribution is -0.123. The van der Waals surface area contributed by atoms with E-state index in [1.165, 1.54) is 23.4 Å². The molecule has 0 aliphatic carbocycles. The summed E-state index contributed by atoms with van der Waals surface area (Å²) in [7, 11) is 4.03. The Hall–Kier alpha value is -3.54. The molecule has 0 fully saturated rings. The topological polar surface area (TPSA) is 44.8 Å². The summed E-state index contributed by atoms with van der Waals surface area (Å²) in [5.41, 5.74) is 4.77. The van der Waals surface area contributed by atoms with Gasteiger partial charge in [0, 0.05) is 38.6 Å². The molecule has 1 N–H and O–H groups in total. The summed E-state index contributed by atoms with van der Waals surface area (Å²) in [4.78, 5) is 16.9. The van der Waals surface area contributed by atoms with Crippen molar-refractivity contribution in [1.29, 1.82) is 0 Å². The number of benzene rings is 3. The number of para-hydroxylation sites is 2. The van der Waals surface area contributed by atoms with Crippen molar-refractivity contribution in [3.63, 3.8) is 0 Å². The molecule has 3 aromatic rings. The molecule has 0 saturated carbocycles. The van der Waals surface area contributed by atoms with Crippen LogP contribution in [0.3, 0.4) is 0 Å². The van der Waals surface area contributed by atoms with Crippen LogP contribution in [0.5, 0.6) is 5.75 Å². The van der Waals surface area contributed by atoms with Gasteiger partial charge < -0.3 is 19.9 Å². The third-order valence-corrected chi connectivity index (χ3v) is 5.78. The highest BCUT2D eigenvalue weighted by atomic mass is 19.1. The van der Waals surface area contributed by atoms with Crippen LogP contribution < -0.4 is 19.9 Å². The Labute approximate surface area is 188 Å². The molecule has 0 radical (unpaired) electrons. The number of nitrogens with zero attached hydrogens (tertiary/aromatic N) is 2. The molecule has 1 amide bonds. The van der Waals surface area contributed by atoms with Crippen LogP contribution in [0.4, 0.5) is 15.8 Å². The Balaban J connectivity index is 1.48. The summed E-state index contributed by atoms with van der Waals surface area (Å²) in [5, 5.41) is 2.98. The normalized spacial score (nSPS) is 13.4. The van der Waals surface area contributed by atoms with E-state index < -0.39 is 5.82 Å². The van der Waals surface area contributed by atoms with Crippen molar-refractivity contribution >= 4 is 17.3 Å². The van der Waals surface area contributed by atoms with Gasteiger partial charge in [-0.15, -0.1) is 0 Å². The highest BCUT2D eigenvalue weighted by Crippen LogP contribution is 2.35. The van der Waals surface area contributed by atoms with E-state index in [0.29, 0.717) is 6.54 Å². The number of amides is 1. The first kappa shape index (κ1) is 21.7. The minimum absolute atomic E-state index is 0.0210. The molecule has 1 aliphatic heterocycles. The summed E-state index contributed by atoms with van der Waals surface area (Å²) in [6.07, 6.45) is 0.979. The van der Waals surface area contributed by atoms with Gasteiger partial charge in [-0.25, -0.2) is 4.39 Å². The van der Waals surface area contributed by atoms with Gasteiger partial charge in [-0.1, -0.05) is 42.5 Å². The molecule has 0 aromatic heterocycles. The molecular formula is C26H28FN3O2. The Morgan fingerprint density at radius 1 is 1.06 bits per heavy atom. The van der Waals surface area contributed by atoms with Gasteiger partial charge in [-0.05, 0) is 47.9 Å². The van der Waals surface area contributed by atoms with Crippen LogP contribution in [0.2, 0.25) is 0 Å². The van der Waals surface area contributed by atoms with Gasteiger partial charge in [0.2, 0.25) is 0 Å². The zero-order valence-corrected chi connectivity index (χ0v) is 18.4. The number of anilines is 2. The van der Waals surface area contributed by atoms with E-state index in [4.69, 9.17) is 4.74 Å². The van der Waals surface area contributed by atoms with Crippen molar-refractivity contribution in [1.82, 2.24) is 5.32 Å². The van der Waals surface area contributed by atoms with Gasteiger partial charge in [0.25, 0.3) is 5.91 Å². The molecule has 0 bridgehead atoms. The smallest absolute Gasteiger partial charge is 0.258 e. The van der Waals surface area contributed by atoms with E-state index >= 15 is 0 Å². The molecule has 0 spiro atoms. The highest BCUT2D eigenvalue weighted by Gasteiger charge is 2.27. The maximum atomic E-state index is 13.7. The van der Waals surface area contributed by atoms with Crippen molar-refractivity contribution < 1.29 is 13.9 Å². The summed E-state index contributed by atoms with van der Waals surface area (Å²) in [6.45, 7) is 1.08. The molecule has 4 rings (SSSR count). The van der Waals surface area contributed by atoms with Crippen molar-refractivity contribution in [2.75, 3.05) is 43.6 Å². The van der Waals surface area contributed by atoms with Gasteiger partial charge in [0.1, 0.15) is 0 Å². The van der Waals surface area contributed by atoms with E-state index in [9.17, 15) is 9.18 Å². The number of rotatable bonds is 8. The van der Waals surface area contributed by atoms with Crippen LogP contribution in [0.25, 0.3) is 0 Å². The number of carbonyl (C=O) groups is 1. The largest absolute Gasteiger partial charge is 0.481 e. The van der Waals surface area contributed by atoms with E-state index in [-0.39, 0.29) is 24.3 Å². The lowest BCUT2D eigenvalue weighted by Gasteiger charge is -2.31. The Kier molecular flexibility index (Phi) is 6.59. The Morgan fingerprint density at radius 3 is 2.53 bits per heavy atom. The van der Waals surface area contributed by atoms with Crippen LogP contribution in [-0.2, 0) is 11.2 Å². The quantitative estimate of drug-likeness (QED) is 0.579. The second kappa shape index (κ2) is 9.73. The second-order valence-corrected chi connectivity index (χ2v) is 8.10. The zero-order chi connectivity index (χ0) is 22.5. The van der Waals surface area contributed by atoms with Crippen LogP contribution in [0, 0.1) is 5.82 Å². The van der Waals surface area contributed by atoms with E-state index in [2.05, 4.69) is 57.6 Å². The Morgan fingerprint density at radius 2 is 1.78 bits per heavy atom. The van der Waals surface area contributed by atoms with Crippen LogP contribution in [0.1, 0.15) is 17.2 Å². The fraction of sp³-hybridized carbons (Fsp3) is 0.269. The van der Waals surface area contributed by atoms with Gasteiger partial charge in [0.05, 0.1) is 6.04 Å². The number of fused-ring (bicyclic) bond motifs is 1. The van der Waals surface area contributed by atoms with Gasteiger partial charge in [-0.3, -0.25) is 4.79 Å². The summed E-state index contributed by atoms with van der Waals surface area (Å²) < 4.78 is 19.1. The minimum Gasteiger partial charge on any atom is -0.481 e. The molecule has 3 aromatic carbocycles. The predicted octanol–water partition coefficient (Wildman–Crippen LogP) is 4.19. The monoisotopic (exact) mass is 433 g/mol. The summed E-state index contributed by atoms with van der Waals surface area (Å²) in [5.74, 6) is -0.685. The number of halogens is 1. The van der Waals surface area contributed by atoms with E-state index in [1.807, 2.05) is 20.2 Å². The van der Waals surface area contributed by atoms with E-state index in [0.717, 1.165) is 24.2 Å². The number of ether oxygens (including phenoxy) is 1. The molecule has 1 atom stereocenters. The third-order valence-electron chi connectivity index (χ3n) is 5.78. The average molecular weight is 434 g/mol. The number of hydrogen-bond acceptors (Lipinski definition) is 4. The number of hydrogen-bond donors (Lipinski definition) is 1. The predicted molar refractivity (Wildman–Crippen MR) is 126 cm³/mol. The number of carbonyl (C=O) groups excluding carboxylic acids is 1. The maximum absolute atomic E-state index is 13.7. The number of nitrogens with one attached hydrogen (secondary N) is 1. The molecular weight excluding hydrogens is 405 g/mol. The average Bonchev–Trinajstić information content (AvgIpc) is 3.23. The lowest BCUT2D eigenvalue weighted by atomic mass is 10.0. The molecule has 1 heterocycles. The van der Waals surface area contributed by atoms with Gasteiger partial charge >= 0.3 is 0 Å². The second-order valence-electron chi connectivity index (χ2n) is 8.10. The van der Waals surface area contributed by atoms with Crippen molar-refractivity contribution in [3.8, 4) is 5.75 Å². The molecule has 5 nitrogen and oxygen atoms in total. The molecule has 0 saturated heterocycles. The molecule has 1 unspecified atom stereocenters. The fourth-order valence-corrected chi connectivity index (χ4v) is 4.06. The molecule has 32 heavy (non-hydrogen) atoms. The SMILES string of the molecule is CN(C)c1ccc(C(CNC(=O)COc2ccccc2F)N2CCc3ccccc32)cc1. The first-order valence-corrected chi connectivity index (χ1v) is 10.8. The maximum Gasteiger partial charge on any atom is 0.258 e. The summed E-state index contributed by atoms with van der Waals surface area (Å²) >= 11 is 0. The first-order valence-electron chi connectivity index (χ1n) is 10.8. The lowest BCUT2D eigenvalue weighted by Crippen LogP contribution is -2.39. The first-order chi connectivity index (χ1) is 15.5. The van der Waals surface area contributed by atoms with E-state index in [1.54, 1.807) is 12.1 Å². The van der Waals surface area contributed by atoms with Crippen LogP contribution in [-0.4, -0.2) is 39.7 Å². The molecule has 6 heteroatoms. The van der Waals surface area contributed by atoms with Crippen molar-refractivity contribution in [2.24, 2.45) is 0 Å². The third kappa shape index (κ3) is 4.85. The highest BCUT2D eigenvalue weighted by molar-refractivity contribution is 5.77. The summed E-state index contributed by atoms with van der Waals surface area (Å²) in [6, 6.07) is 22.9. The minimum atomic E-state index is -0.479. The van der Waals surface area contributed by atoms with Gasteiger partial charge in [-0.2, -0.15) is 0 Å². The zero-order valence-electron chi connectivity index (χ0n) is 18.4. The van der Waals surface area contributed by atoms with Gasteiger partial charge in [0.15, 0.2) is 18.2 Å². The Bertz CT molecular complexity index is 1070. The molecule has 166 valence electrons. The van der Waals surface area contributed by atoms with Crippen molar-refractivity contribution in [2.45, 2.75) is 12.5 Å². The van der Waals surface area contributed by atoms with Crippen molar-refractivity contribution in [3.05, 3.63) is 89.7 Å². The standard InChI is InChI=1S/C26H28FN3O2/c1-29(2)21-13-11-20(12-14-21)24(30-16-15-19-7-3-5-9-23(19)30)17-28-26(31)18-32-25-10-6-4-8-22(25)27/h3-14,24H,15-18H2,1-2H3,(H,28,31). The fourth-order valence-electron chi connectivity index (χ4n) is 4.06. The van der Waals surface area contributed by atoms with Crippen LogP contribution >= 0.6 is 0 Å². The van der Waals surface area contributed by atoms with Crippen LogP contribution in [0.15, 0.2) is 72.8 Å². The molecule has 1 aliphatic rings.